The van der Waals surface area contributed by atoms with Crippen molar-refractivity contribution >= 4 is 34.9 Å². The lowest BCUT2D eigenvalue weighted by atomic mass is 9.94. The van der Waals surface area contributed by atoms with Crippen molar-refractivity contribution in [2.75, 3.05) is 11.9 Å². The van der Waals surface area contributed by atoms with E-state index in [0.717, 1.165) is 17.7 Å². The summed E-state index contributed by atoms with van der Waals surface area (Å²) in [5.74, 6) is -0.535. The Morgan fingerprint density at radius 1 is 1.09 bits per heavy atom. The molecular weight excluding hydrogens is 434 g/mol. The summed E-state index contributed by atoms with van der Waals surface area (Å²) >= 11 is 5.53. The summed E-state index contributed by atoms with van der Waals surface area (Å²) in [6, 6.07) is 14.6. The van der Waals surface area contributed by atoms with E-state index in [-0.39, 0.29) is 18.0 Å². The smallest absolute Gasteiger partial charge is 0.338 e. The van der Waals surface area contributed by atoms with Gasteiger partial charge >= 0.3 is 5.97 Å². The SMILES string of the molecule is CCc1ccc(C(=O)Nc2ccc([C@H]3NC(=S)N(CC)C(C)=C3C(=O)OC(C)C)cc2)cc1. The number of hydrogen-bond donors (Lipinski definition) is 2. The Balaban J connectivity index is 1.83. The zero-order chi connectivity index (χ0) is 24.1. The summed E-state index contributed by atoms with van der Waals surface area (Å²) in [5.41, 5.74) is 4.63. The van der Waals surface area contributed by atoms with E-state index in [4.69, 9.17) is 17.0 Å². The number of nitrogens with zero attached hydrogens (tertiary/aromatic N) is 1. The summed E-state index contributed by atoms with van der Waals surface area (Å²) < 4.78 is 5.52. The van der Waals surface area contributed by atoms with Gasteiger partial charge < -0.3 is 20.3 Å². The highest BCUT2D eigenvalue weighted by Crippen LogP contribution is 2.32. The normalized spacial score (nSPS) is 16.0. The fourth-order valence-electron chi connectivity index (χ4n) is 3.81. The quantitative estimate of drug-likeness (QED) is 0.444. The minimum Gasteiger partial charge on any atom is -0.459 e. The van der Waals surface area contributed by atoms with E-state index in [1.54, 1.807) is 0 Å². The van der Waals surface area contributed by atoms with Crippen molar-refractivity contribution in [1.82, 2.24) is 10.2 Å². The second kappa shape index (κ2) is 10.6. The molecule has 0 aromatic heterocycles. The molecule has 0 bridgehead atoms. The van der Waals surface area contributed by atoms with Gasteiger partial charge in [0.05, 0.1) is 17.7 Å². The molecule has 1 atom stereocenters. The lowest BCUT2D eigenvalue weighted by Crippen LogP contribution is -2.47. The first-order valence-electron chi connectivity index (χ1n) is 11.2. The molecular formula is C26H31N3O3S. The highest BCUT2D eigenvalue weighted by Gasteiger charge is 2.34. The maximum Gasteiger partial charge on any atom is 0.338 e. The maximum atomic E-state index is 12.9. The topological polar surface area (TPSA) is 70.7 Å². The lowest BCUT2D eigenvalue weighted by Gasteiger charge is -2.37. The number of carbonyl (C=O) groups excluding carboxylic acids is 2. The second-order valence-electron chi connectivity index (χ2n) is 8.21. The summed E-state index contributed by atoms with van der Waals surface area (Å²) in [7, 11) is 0. The van der Waals surface area contributed by atoms with Crippen LogP contribution in [0.5, 0.6) is 0 Å². The van der Waals surface area contributed by atoms with E-state index in [9.17, 15) is 9.59 Å². The molecule has 2 aromatic rings. The molecule has 2 aromatic carbocycles. The minimum atomic E-state index is -0.433. The number of esters is 1. The second-order valence-corrected chi connectivity index (χ2v) is 8.59. The van der Waals surface area contributed by atoms with Crippen molar-refractivity contribution < 1.29 is 14.3 Å². The zero-order valence-corrected chi connectivity index (χ0v) is 20.6. The van der Waals surface area contributed by atoms with Crippen LogP contribution in [-0.2, 0) is 16.0 Å². The Hall–Kier alpha value is -3.19. The van der Waals surface area contributed by atoms with E-state index in [0.29, 0.717) is 28.5 Å². The van der Waals surface area contributed by atoms with Crippen LogP contribution in [0.15, 0.2) is 59.8 Å². The van der Waals surface area contributed by atoms with Gasteiger partial charge in [-0.1, -0.05) is 31.2 Å². The number of allylic oxidation sites excluding steroid dienone is 1. The number of rotatable bonds is 7. The molecule has 33 heavy (non-hydrogen) atoms. The van der Waals surface area contributed by atoms with Gasteiger partial charge in [0.25, 0.3) is 5.91 Å². The predicted octanol–water partition coefficient (Wildman–Crippen LogP) is 4.98. The van der Waals surface area contributed by atoms with Gasteiger partial charge in [-0.2, -0.15) is 0 Å². The van der Waals surface area contributed by atoms with E-state index in [1.165, 1.54) is 5.56 Å². The number of hydrogen-bond acceptors (Lipinski definition) is 4. The fourth-order valence-corrected chi connectivity index (χ4v) is 4.19. The molecule has 2 N–H and O–H groups in total. The number of nitrogens with one attached hydrogen (secondary N) is 2. The van der Waals surface area contributed by atoms with Crippen LogP contribution in [0.1, 0.15) is 62.1 Å². The first-order valence-corrected chi connectivity index (χ1v) is 11.7. The van der Waals surface area contributed by atoms with Gasteiger partial charge in [0.1, 0.15) is 0 Å². The Morgan fingerprint density at radius 2 is 1.73 bits per heavy atom. The molecule has 0 aliphatic carbocycles. The van der Waals surface area contributed by atoms with Crippen molar-refractivity contribution in [2.45, 2.75) is 53.2 Å². The lowest BCUT2D eigenvalue weighted by molar-refractivity contribution is -0.143. The van der Waals surface area contributed by atoms with Crippen molar-refractivity contribution in [3.63, 3.8) is 0 Å². The van der Waals surface area contributed by atoms with Crippen LogP contribution >= 0.6 is 12.2 Å². The van der Waals surface area contributed by atoms with E-state index in [1.807, 2.05) is 81.1 Å². The molecule has 1 heterocycles. The van der Waals surface area contributed by atoms with Crippen molar-refractivity contribution in [3.8, 4) is 0 Å². The average Bonchev–Trinajstić information content (AvgIpc) is 2.79. The fraction of sp³-hybridized carbons (Fsp3) is 0.346. The molecule has 6 nitrogen and oxygen atoms in total. The summed E-state index contributed by atoms with van der Waals surface area (Å²) in [6.07, 6.45) is 0.699. The molecule has 174 valence electrons. The Morgan fingerprint density at radius 3 is 2.27 bits per heavy atom. The zero-order valence-electron chi connectivity index (χ0n) is 19.8. The van der Waals surface area contributed by atoms with Crippen LogP contribution in [0.2, 0.25) is 0 Å². The van der Waals surface area contributed by atoms with Crippen LogP contribution in [0.25, 0.3) is 0 Å². The molecule has 0 saturated heterocycles. The molecule has 7 heteroatoms. The number of ether oxygens (including phenoxy) is 1. The number of thiocarbonyl (C=S) groups is 1. The molecule has 1 amide bonds. The molecule has 0 spiro atoms. The van der Waals surface area contributed by atoms with Gasteiger partial charge in [0.2, 0.25) is 0 Å². The van der Waals surface area contributed by atoms with Crippen LogP contribution in [0.4, 0.5) is 5.69 Å². The first kappa shape index (κ1) is 24.5. The third kappa shape index (κ3) is 5.60. The van der Waals surface area contributed by atoms with Crippen LogP contribution in [0.3, 0.4) is 0 Å². The highest BCUT2D eigenvalue weighted by atomic mass is 32.1. The van der Waals surface area contributed by atoms with Gasteiger partial charge in [0.15, 0.2) is 5.11 Å². The van der Waals surface area contributed by atoms with Crippen molar-refractivity contribution in [1.29, 1.82) is 0 Å². The minimum absolute atomic E-state index is 0.169. The van der Waals surface area contributed by atoms with Gasteiger partial charge in [0, 0.05) is 23.5 Å². The largest absolute Gasteiger partial charge is 0.459 e. The van der Waals surface area contributed by atoms with E-state index >= 15 is 0 Å². The average molecular weight is 466 g/mol. The van der Waals surface area contributed by atoms with Crippen LogP contribution in [-0.4, -0.2) is 34.5 Å². The van der Waals surface area contributed by atoms with Crippen LogP contribution in [0, 0.1) is 0 Å². The molecule has 0 unspecified atom stereocenters. The first-order chi connectivity index (χ1) is 15.7. The van der Waals surface area contributed by atoms with Gasteiger partial charge in [-0.3, -0.25) is 4.79 Å². The van der Waals surface area contributed by atoms with E-state index < -0.39 is 6.04 Å². The van der Waals surface area contributed by atoms with Crippen LogP contribution < -0.4 is 10.6 Å². The number of anilines is 1. The van der Waals surface area contributed by atoms with Crippen molar-refractivity contribution in [2.24, 2.45) is 0 Å². The molecule has 1 aliphatic heterocycles. The van der Waals surface area contributed by atoms with Gasteiger partial charge in [-0.25, -0.2) is 4.79 Å². The Labute approximate surface area is 201 Å². The molecule has 3 rings (SSSR count). The summed E-state index contributed by atoms with van der Waals surface area (Å²) in [6.45, 7) is 10.3. The highest BCUT2D eigenvalue weighted by molar-refractivity contribution is 7.80. The molecule has 0 fully saturated rings. The number of amides is 1. The number of aryl methyl sites for hydroxylation is 1. The van der Waals surface area contributed by atoms with Crippen molar-refractivity contribution in [3.05, 3.63) is 76.5 Å². The maximum absolute atomic E-state index is 12.9. The third-order valence-corrected chi connectivity index (χ3v) is 5.94. The third-order valence-electron chi connectivity index (χ3n) is 5.60. The summed E-state index contributed by atoms with van der Waals surface area (Å²) in [4.78, 5) is 27.4. The molecule has 0 saturated carbocycles. The van der Waals surface area contributed by atoms with Gasteiger partial charge in [-0.05, 0) is 81.7 Å². The standard InChI is InChI=1S/C26H31N3O3S/c1-6-18-8-10-20(11-9-18)24(30)27-21-14-12-19(13-15-21)23-22(25(31)32-16(3)4)17(5)29(7-2)26(33)28-23/h8-16,23H,6-7H2,1-5H3,(H,27,30)(H,28,33)/t23-/m1/s1. The summed E-state index contributed by atoms with van der Waals surface area (Å²) in [5, 5.41) is 6.76. The Kier molecular flexibility index (Phi) is 7.87. The number of benzene rings is 2. The van der Waals surface area contributed by atoms with E-state index in [2.05, 4.69) is 17.6 Å². The molecule has 1 aliphatic rings. The monoisotopic (exact) mass is 465 g/mol. The Bertz CT molecular complexity index is 1060. The number of carbonyl (C=O) groups is 2. The van der Waals surface area contributed by atoms with Gasteiger partial charge in [-0.15, -0.1) is 0 Å². The molecule has 0 radical (unpaired) electrons. The predicted molar refractivity (Wildman–Crippen MR) is 135 cm³/mol.